The van der Waals surface area contributed by atoms with Crippen molar-refractivity contribution in [1.82, 2.24) is 0 Å². The Morgan fingerprint density at radius 3 is 2.24 bits per heavy atom. The summed E-state index contributed by atoms with van der Waals surface area (Å²) in [5.74, 6) is -3.81. The molecule has 4 heteroatoms. The molecule has 0 aromatic heterocycles. The molecule has 0 spiro atoms. The summed E-state index contributed by atoms with van der Waals surface area (Å²) >= 11 is 0. The van der Waals surface area contributed by atoms with Gasteiger partial charge < -0.3 is 0 Å². The predicted octanol–water partition coefficient (Wildman–Crippen LogP) is 4.53. The molecular formula is C17H15F3O. The molecule has 0 radical (unpaired) electrons. The van der Waals surface area contributed by atoms with E-state index in [0.717, 1.165) is 12.0 Å². The van der Waals surface area contributed by atoms with Gasteiger partial charge in [-0.05, 0) is 24.0 Å². The van der Waals surface area contributed by atoms with Crippen LogP contribution in [0.2, 0.25) is 0 Å². The summed E-state index contributed by atoms with van der Waals surface area (Å²) in [4.78, 5) is 12.2. The normalized spacial score (nSPS) is 11.0. The van der Waals surface area contributed by atoms with Crippen molar-refractivity contribution in [3.8, 4) is 0 Å². The molecule has 0 aliphatic carbocycles. The van der Waals surface area contributed by atoms with Crippen molar-refractivity contribution in [2.75, 3.05) is 0 Å². The van der Waals surface area contributed by atoms with Gasteiger partial charge in [-0.1, -0.05) is 32.0 Å². The fraction of sp³-hybridized carbons (Fsp3) is 0.235. The van der Waals surface area contributed by atoms with Gasteiger partial charge in [0.15, 0.2) is 5.78 Å². The minimum atomic E-state index is -1.19. The van der Waals surface area contributed by atoms with Gasteiger partial charge in [-0.25, -0.2) is 13.2 Å². The number of halogens is 3. The number of carbonyl (C=O) groups is 1. The van der Waals surface area contributed by atoms with Gasteiger partial charge in [0.1, 0.15) is 17.5 Å². The zero-order chi connectivity index (χ0) is 15.6. The number of ketones is 1. The SMILES string of the molecule is CC(C)Cc1cccc(C(=O)c2c(F)cc(F)cc2F)c1. The van der Waals surface area contributed by atoms with E-state index in [-0.39, 0.29) is 5.56 Å². The lowest BCUT2D eigenvalue weighted by molar-refractivity contribution is 0.103. The minimum Gasteiger partial charge on any atom is -0.288 e. The average molecular weight is 292 g/mol. The van der Waals surface area contributed by atoms with Gasteiger partial charge in [0, 0.05) is 17.7 Å². The molecule has 2 aromatic rings. The highest BCUT2D eigenvalue weighted by molar-refractivity contribution is 6.09. The second-order valence-electron chi connectivity index (χ2n) is 5.37. The lowest BCUT2D eigenvalue weighted by Crippen LogP contribution is -2.09. The maximum absolute atomic E-state index is 13.7. The standard InChI is InChI=1S/C17H15F3O/c1-10(2)6-11-4-3-5-12(7-11)17(21)16-14(19)8-13(18)9-15(16)20/h3-5,7-10H,6H2,1-2H3. The summed E-state index contributed by atoms with van der Waals surface area (Å²) in [5.41, 5.74) is 0.384. The summed E-state index contributed by atoms with van der Waals surface area (Å²) in [5, 5.41) is 0. The van der Waals surface area contributed by atoms with Gasteiger partial charge in [-0.3, -0.25) is 4.79 Å². The van der Waals surface area contributed by atoms with Crippen LogP contribution in [-0.4, -0.2) is 5.78 Å². The van der Waals surface area contributed by atoms with E-state index >= 15 is 0 Å². The van der Waals surface area contributed by atoms with Crippen LogP contribution in [0.5, 0.6) is 0 Å². The molecular weight excluding hydrogens is 277 g/mol. The number of rotatable bonds is 4. The monoisotopic (exact) mass is 292 g/mol. The van der Waals surface area contributed by atoms with Crippen LogP contribution >= 0.6 is 0 Å². The van der Waals surface area contributed by atoms with Gasteiger partial charge in [0.2, 0.25) is 0 Å². The molecule has 0 unspecified atom stereocenters. The summed E-state index contributed by atoms with van der Waals surface area (Å²) < 4.78 is 40.2. The lowest BCUT2D eigenvalue weighted by atomic mass is 9.97. The zero-order valence-corrected chi connectivity index (χ0v) is 11.8. The molecule has 21 heavy (non-hydrogen) atoms. The number of hydrogen-bond acceptors (Lipinski definition) is 1. The molecule has 0 N–H and O–H groups in total. The second kappa shape index (κ2) is 6.12. The van der Waals surface area contributed by atoms with E-state index in [2.05, 4.69) is 0 Å². The van der Waals surface area contributed by atoms with Crippen LogP contribution in [0, 0.1) is 23.4 Å². The molecule has 2 rings (SSSR count). The van der Waals surface area contributed by atoms with Gasteiger partial charge >= 0.3 is 0 Å². The first-order chi connectivity index (χ1) is 9.88. The number of hydrogen-bond donors (Lipinski definition) is 0. The Labute approximate surface area is 121 Å². The Balaban J connectivity index is 2.41. The molecule has 1 nitrogen and oxygen atoms in total. The summed E-state index contributed by atoms with van der Waals surface area (Å²) in [6, 6.07) is 7.65. The molecule has 0 atom stereocenters. The van der Waals surface area contributed by atoms with Crippen molar-refractivity contribution in [2.24, 2.45) is 5.92 Å². The first kappa shape index (κ1) is 15.3. The van der Waals surface area contributed by atoms with Crippen molar-refractivity contribution in [2.45, 2.75) is 20.3 Å². The first-order valence-electron chi connectivity index (χ1n) is 6.66. The van der Waals surface area contributed by atoms with Crippen LogP contribution in [0.25, 0.3) is 0 Å². The van der Waals surface area contributed by atoms with Gasteiger partial charge in [0.05, 0.1) is 5.56 Å². The van der Waals surface area contributed by atoms with E-state index in [9.17, 15) is 18.0 Å². The van der Waals surface area contributed by atoms with Crippen LogP contribution < -0.4 is 0 Å². The molecule has 0 aliphatic rings. The Hall–Kier alpha value is -2.10. The molecule has 110 valence electrons. The Morgan fingerprint density at radius 2 is 1.67 bits per heavy atom. The molecule has 0 amide bonds. The van der Waals surface area contributed by atoms with Crippen LogP contribution in [0.1, 0.15) is 35.3 Å². The van der Waals surface area contributed by atoms with E-state index in [0.29, 0.717) is 18.1 Å². The van der Waals surface area contributed by atoms with Crippen LogP contribution in [0.4, 0.5) is 13.2 Å². The molecule has 0 fully saturated rings. The third kappa shape index (κ3) is 3.51. The minimum absolute atomic E-state index is 0.192. The fourth-order valence-electron chi connectivity index (χ4n) is 2.21. The highest BCUT2D eigenvalue weighted by Gasteiger charge is 2.20. The maximum Gasteiger partial charge on any atom is 0.198 e. The van der Waals surface area contributed by atoms with Crippen LogP contribution in [0.3, 0.4) is 0 Å². The molecule has 0 bridgehead atoms. The van der Waals surface area contributed by atoms with Crippen molar-refractivity contribution in [3.05, 3.63) is 70.5 Å². The summed E-state index contributed by atoms with van der Waals surface area (Å²) in [6.07, 6.45) is 0.759. The smallest absolute Gasteiger partial charge is 0.198 e. The number of benzene rings is 2. The Kier molecular flexibility index (Phi) is 4.46. The Bertz CT molecular complexity index is 654. The van der Waals surface area contributed by atoms with E-state index in [1.54, 1.807) is 12.1 Å². The maximum atomic E-state index is 13.7. The van der Waals surface area contributed by atoms with E-state index in [4.69, 9.17) is 0 Å². The molecule has 2 aromatic carbocycles. The van der Waals surface area contributed by atoms with Gasteiger partial charge in [-0.15, -0.1) is 0 Å². The quantitative estimate of drug-likeness (QED) is 0.756. The third-order valence-corrected chi connectivity index (χ3v) is 3.07. The largest absolute Gasteiger partial charge is 0.288 e. The summed E-state index contributed by atoms with van der Waals surface area (Å²) in [6.45, 7) is 4.07. The fourth-order valence-corrected chi connectivity index (χ4v) is 2.21. The van der Waals surface area contributed by atoms with Gasteiger partial charge in [-0.2, -0.15) is 0 Å². The van der Waals surface area contributed by atoms with Crippen LogP contribution in [0.15, 0.2) is 36.4 Å². The molecule has 0 heterocycles. The Morgan fingerprint density at radius 1 is 1.05 bits per heavy atom. The third-order valence-electron chi connectivity index (χ3n) is 3.07. The van der Waals surface area contributed by atoms with Crippen molar-refractivity contribution in [3.63, 3.8) is 0 Å². The van der Waals surface area contributed by atoms with E-state index in [1.807, 2.05) is 19.9 Å². The molecule has 0 saturated carbocycles. The highest BCUT2D eigenvalue weighted by atomic mass is 19.1. The van der Waals surface area contributed by atoms with Crippen molar-refractivity contribution >= 4 is 5.78 Å². The summed E-state index contributed by atoms with van der Waals surface area (Å²) in [7, 11) is 0. The second-order valence-corrected chi connectivity index (χ2v) is 5.37. The van der Waals surface area contributed by atoms with Crippen molar-refractivity contribution < 1.29 is 18.0 Å². The molecule has 0 saturated heterocycles. The lowest BCUT2D eigenvalue weighted by Gasteiger charge is -2.08. The molecule has 0 aliphatic heterocycles. The number of carbonyl (C=O) groups excluding carboxylic acids is 1. The van der Waals surface area contributed by atoms with Crippen molar-refractivity contribution in [1.29, 1.82) is 0 Å². The topological polar surface area (TPSA) is 17.1 Å². The van der Waals surface area contributed by atoms with Crippen LogP contribution in [-0.2, 0) is 6.42 Å². The predicted molar refractivity (Wildman–Crippen MR) is 74.7 cm³/mol. The zero-order valence-electron chi connectivity index (χ0n) is 11.8. The first-order valence-corrected chi connectivity index (χ1v) is 6.66. The van der Waals surface area contributed by atoms with Gasteiger partial charge in [0.25, 0.3) is 0 Å². The highest BCUT2D eigenvalue weighted by Crippen LogP contribution is 2.20. The average Bonchev–Trinajstić information content (AvgIpc) is 2.36. The van der Waals surface area contributed by atoms with E-state index < -0.39 is 28.8 Å². The van der Waals surface area contributed by atoms with E-state index in [1.165, 1.54) is 6.07 Å².